The summed E-state index contributed by atoms with van der Waals surface area (Å²) in [7, 11) is 0. The van der Waals surface area contributed by atoms with Crippen molar-refractivity contribution in [1.82, 2.24) is 0 Å². The minimum Gasteiger partial charge on any atom is -0.207 e. The molecule has 1 aliphatic carbocycles. The zero-order valence-corrected chi connectivity index (χ0v) is 10.2. The molecule has 0 unspecified atom stereocenters. The van der Waals surface area contributed by atoms with Crippen molar-refractivity contribution < 1.29 is 8.78 Å². The van der Waals surface area contributed by atoms with Crippen LogP contribution in [0.2, 0.25) is 0 Å². The fourth-order valence-electron chi connectivity index (χ4n) is 2.56. The summed E-state index contributed by atoms with van der Waals surface area (Å²) >= 11 is 0. The number of hydrogen-bond acceptors (Lipinski definition) is 0. The molecule has 0 aromatic carbocycles. The normalized spacial score (nSPS) is 21.5. The minimum absolute atomic E-state index is 0.00463. The van der Waals surface area contributed by atoms with Gasteiger partial charge in [0.25, 0.3) is 0 Å². The molecule has 2 heteroatoms. The highest BCUT2D eigenvalue weighted by atomic mass is 19.3. The number of halogens is 2. The Hall–Kier alpha value is -0.400. The summed E-state index contributed by atoms with van der Waals surface area (Å²) < 4.78 is 25.4. The van der Waals surface area contributed by atoms with E-state index in [1.807, 2.05) is 0 Å². The van der Waals surface area contributed by atoms with Gasteiger partial charge in [-0.1, -0.05) is 39.8 Å². The van der Waals surface area contributed by atoms with Gasteiger partial charge in [0.1, 0.15) is 0 Å². The molecule has 88 valence electrons. The van der Waals surface area contributed by atoms with E-state index < -0.39 is 5.92 Å². The zero-order chi connectivity index (χ0) is 11.9. The van der Waals surface area contributed by atoms with E-state index in [0.29, 0.717) is 5.92 Å². The van der Waals surface area contributed by atoms with E-state index in [1.54, 1.807) is 0 Å². The fraction of sp³-hybridized carbons (Fsp3) is 0.846. The molecule has 0 atom stereocenters. The molecule has 0 heterocycles. The van der Waals surface area contributed by atoms with Crippen LogP contribution in [0.3, 0.4) is 0 Å². The molecule has 0 bridgehead atoms. The summed E-state index contributed by atoms with van der Waals surface area (Å²) in [4.78, 5) is 0. The Morgan fingerprint density at radius 1 is 1.40 bits per heavy atom. The van der Waals surface area contributed by atoms with Crippen molar-refractivity contribution in [3.05, 3.63) is 12.2 Å². The van der Waals surface area contributed by atoms with Gasteiger partial charge in [-0.25, -0.2) is 8.78 Å². The highest BCUT2D eigenvalue weighted by molar-refractivity contribution is 5.10. The van der Waals surface area contributed by atoms with Gasteiger partial charge in [-0.3, -0.25) is 0 Å². The first-order chi connectivity index (χ1) is 6.64. The Balaban J connectivity index is 2.48. The van der Waals surface area contributed by atoms with E-state index in [9.17, 15) is 8.78 Å². The predicted molar refractivity (Wildman–Crippen MR) is 60.0 cm³/mol. The van der Waals surface area contributed by atoms with Gasteiger partial charge < -0.3 is 0 Å². The molecule has 0 N–H and O–H groups in total. The smallest absolute Gasteiger partial charge is 0.207 e. The van der Waals surface area contributed by atoms with Gasteiger partial charge in [0.2, 0.25) is 5.92 Å². The van der Waals surface area contributed by atoms with Gasteiger partial charge in [-0.2, -0.15) is 0 Å². The lowest BCUT2D eigenvalue weighted by atomic mass is 9.67. The van der Waals surface area contributed by atoms with Crippen LogP contribution in [-0.4, -0.2) is 5.92 Å². The molecule has 1 rings (SSSR count). The van der Waals surface area contributed by atoms with Crippen LogP contribution in [0.25, 0.3) is 0 Å². The van der Waals surface area contributed by atoms with Gasteiger partial charge in [0.15, 0.2) is 0 Å². The van der Waals surface area contributed by atoms with Crippen LogP contribution in [0.4, 0.5) is 8.78 Å². The van der Waals surface area contributed by atoms with Crippen molar-refractivity contribution in [2.24, 2.45) is 17.3 Å². The summed E-state index contributed by atoms with van der Waals surface area (Å²) in [6.45, 7) is 12.5. The summed E-state index contributed by atoms with van der Waals surface area (Å²) in [5, 5.41) is 0. The minimum atomic E-state index is -2.39. The molecule has 0 radical (unpaired) electrons. The van der Waals surface area contributed by atoms with Crippen LogP contribution in [0, 0.1) is 17.3 Å². The highest BCUT2D eigenvalue weighted by Crippen LogP contribution is 2.49. The maximum atomic E-state index is 12.7. The topological polar surface area (TPSA) is 0 Å². The van der Waals surface area contributed by atoms with E-state index in [2.05, 4.69) is 34.3 Å². The molecular formula is C13H22F2. The molecular weight excluding hydrogens is 194 g/mol. The largest absolute Gasteiger partial charge is 0.248 e. The third-order valence-corrected chi connectivity index (χ3v) is 3.54. The molecule has 1 aliphatic rings. The van der Waals surface area contributed by atoms with E-state index in [4.69, 9.17) is 0 Å². The molecule has 1 saturated carbocycles. The van der Waals surface area contributed by atoms with E-state index in [-0.39, 0.29) is 24.2 Å². The maximum Gasteiger partial charge on any atom is 0.248 e. The van der Waals surface area contributed by atoms with Crippen molar-refractivity contribution >= 4 is 0 Å². The third-order valence-electron chi connectivity index (χ3n) is 3.54. The second kappa shape index (κ2) is 3.88. The van der Waals surface area contributed by atoms with Gasteiger partial charge in [-0.15, -0.1) is 0 Å². The first-order valence-corrected chi connectivity index (χ1v) is 5.71. The molecule has 0 aromatic rings. The number of alkyl halides is 2. The lowest BCUT2D eigenvalue weighted by Gasteiger charge is -2.41. The second-order valence-electron chi connectivity index (χ2n) is 5.90. The van der Waals surface area contributed by atoms with Gasteiger partial charge >= 0.3 is 0 Å². The summed E-state index contributed by atoms with van der Waals surface area (Å²) in [5.74, 6) is -1.77. The fourth-order valence-corrected chi connectivity index (χ4v) is 2.56. The maximum absolute atomic E-state index is 12.7. The average Bonchev–Trinajstić information content (AvgIpc) is 1.98. The monoisotopic (exact) mass is 216 g/mol. The van der Waals surface area contributed by atoms with Gasteiger partial charge in [0.05, 0.1) is 0 Å². The van der Waals surface area contributed by atoms with Crippen molar-refractivity contribution in [2.75, 3.05) is 0 Å². The molecule has 1 fully saturated rings. The van der Waals surface area contributed by atoms with Crippen molar-refractivity contribution in [2.45, 2.75) is 52.9 Å². The Morgan fingerprint density at radius 3 is 2.20 bits per heavy atom. The molecule has 0 spiro atoms. The SMILES string of the molecule is C=C(C(C)C)C(C)(C)CC1CC(F)(F)C1. The van der Waals surface area contributed by atoms with Crippen molar-refractivity contribution in [3.63, 3.8) is 0 Å². The van der Waals surface area contributed by atoms with Crippen LogP contribution in [0.1, 0.15) is 47.0 Å². The predicted octanol–water partition coefficient (Wildman–Crippen LogP) is 4.66. The van der Waals surface area contributed by atoms with Gasteiger partial charge in [-0.05, 0) is 23.7 Å². The third kappa shape index (κ3) is 3.02. The average molecular weight is 216 g/mol. The zero-order valence-electron chi connectivity index (χ0n) is 10.2. The number of rotatable bonds is 4. The molecule has 0 saturated heterocycles. The van der Waals surface area contributed by atoms with Crippen LogP contribution in [-0.2, 0) is 0 Å². The van der Waals surface area contributed by atoms with Gasteiger partial charge in [0, 0.05) is 12.8 Å². The Bertz CT molecular complexity index is 243. The number of hydrogen-bond donors (Lipinski definition) is 0. The Labute approximate surface area is 91.8 Å². The Kier molecular flexibility index (Phi) is 3.27. The van der Waals surface area contributed by atoms with E-state index in [1.165, 1.54) is 5.57 Å². The first-order valence-electron chi connectivity index (χ1n) is 5.71. The summed E-state index contributed by atoms with van der Waals surface area (Å²) in [6.07, 6.45) is 0.989. The van der Waals surface area contributed by atoms with E-state index in [0.717, 1.165) is 6.42 Å². The summed E-state index contributed by atoms with van der Waals surface area (Å²) in [5.41, 5.74) is 1.17. The number of allylic oxidation sites excluding steroid dienone is 1. The molecule has 0 amide bonds. The van der Waals surface area contributed by atoms with Crippen LogP contribution < -0.4 is 0 Å². The molecule has 15 heavy (non-hydrogen) atoms. The molecule has 0 nitrogen and oxygen atoms in total. The first kappa shape index (κ1) is 12.7. The lowest BCUT2D eigenvalue weighted by Crippen LogP contribution is -2.38. The van der Waals surface area contributed by atoms with Crippen LogP contribution in [0.5, 0.6) is 0 Å². The van der Waals surface area contributed by atoms with Crippen LogP contribution >= 0.6 is 0 Å². The lowest BCUT2D eigenvalue weighted by molar-refractivity contribution is -0.117. The summed E-state index contributed by atoms with van der Waals surface area (Å²) in [6, 6.07) is 0. The van der Waals surface area contributed by atoms with Crippen molar-refractivity contribution in [1.29, 1.82) is 0 Å². The second-order valence-corrected chi connectivity index (χ2v) is 5.90. The van der Waals surface area contributed by atoms with E-state index >= 15 is 0 Å². The molecule has 0 aliphatic heterocycles. The Morgan fingerprint density at radius 2 is 1.87 bits per heavy atom. The highest BCUT2D eigenvalue weighted by Gasteiger charge is 2.47. The van der Waals surface area contributed by atoms with Crippen molar-refractivity contribution in [3.8, 4) is 0 Å². The van der Waals surface area contributed by atoms with Crippen LogP contribution in [0.15, 0.2) is 12.2 Å². The standard InChI is InChI=1S/C13H22F2/c1-9(2)10(3)12(4,5)6-11-7-13(14,15)8-11/h9,11H,3,6-8H2,1-2,4-5H3. The quantitative estimate of drug-likeness (QED) is 0.599. The molecule has 0 aromatic heterocycles.